The molecule has 0 aliphatic heterocycles. The molecule has 7 nitrogen and oxygen atoms in total. The van der Waals surface area contributed by atoms with Crippen LogP contribution in [0.25, 0.3) is 0 Å². The molecule has 0 spiro atoms. The summed E-state index contributed by atoms with van der Waals surface area (Å²) in [6.45, 7) is 0.217. The van der Waals surface area contributed by atoms with Crippen LogP contribution in [0.3, 0.4) is 0 Å². The molecular weight excluding hydrogens is 404 g/mol. The average Bonchev–Trinajstić information content (AvgIpc) is 2.72. The molecule has 0 radical (unpaired) electrons. The molecule has 0 bridgehead atoms. The highest BCUT2D eigenvalue weighted by molar-refractivity contribution is 6.06. The lowest BCUT2D eigenvalue weighted by atomic mass is 9.77. The summed E-state index contributed by atoms with van der Waals surface area (Å²) in [5, 5.41) is 6.47. The van der Waals surface area contributed by atoms with Crippen molar-refractivity contribution in [1.29, 1.82) is 0 Å². The highest BCUT2D eigenvalue weighted by Crippen LogP contribution is 2.38. The van der Waals surface area contributed by atoms with Crippen molar-refractivity contribution in [3.63, 3.8) is 0 Å². The van der Waals surface area contributed by atoms with E-state index in [9.17, 15) is 18.4 Å². The second kappa shape index (κ2) is 8.97. The van der Waals surface area contributed by atoms with Crippen LogP contribution >= 0.6 is 0 Å². The molecule has 1 atom stereocenters. The Morgan fingerprint density at radius 1 is 0.903 bits per heavy atom. The topological polar surface area (TPSA) is 136 Å². The number of carbonyl (C=O) groups excluding carboxylic acids is 2. The highest BCUT2D eigenvalue weighted by atomic mass is 19.1. The summed E-state index contributed by atoms with van der Waals surface area (Å²) in [5.41, 5.74) is 17.5. The molecule has 0 heterocycles. The molecule has 9 heteroatoms. The van der Waals surface area contributed by atoms with Crippen molar-refractivity contribution in [2.45, 2.75) is 18.4 Å². The number of nitrogens with two attached hydrogens (primary N) is 3. The number of primary amides is 2. The summed E-state index contributed by atoms with van der Waals surface area (Å²) in [6, 6.07) is 11.3. The van der Waals surface area contributed by atoms with Crippen LogP contribution in [0.2, 0.25) is 0 Å². The SMILES string of the molecule is NCCC1(Nc2ccc(F)cc2)CC(C(N)=O)=C(C(N)=O)C=C1Nc1ccc(F)cc1. The lowest BCUT2D eigenvalue weighted by Crippen LogP contribution is -2.48. The third kappa shape index (κ3) is 4.89. The van der Waals surface area contributed by atoms with E-state index >= 15 is 0 Å². The molecule has 1 aliphatic rings. The minimum Gasteiger partial charge on any atom is -0.374 e. The van der Waals surface area contributed by atoms with E-state index < -0.39 is 29.0 Å². The largest absolute Gasteiger partial charge is 0.374 e. The zero-order chi connectivity index (χ0) is 22.6. The third-order valence-corrected chi connectivity index (χ3v) is 5.09. The van der Waals surface area contributed by atoms with Crippen LogP contribution in [-0.2, 0) is 9.59 Å². The summed E-state index contributed by atoms with van der Waals surface area (Å²) < 4.78 is 26.7. The zero-order valence-electron chi connectivity index (χ0n) is 16.6. The second-order valence-corrected chi connectivity index (χ2v) is 7.24. The van der Waals surface area contributed by atoms with E-state index in [0.29, 0.717) is 23.5 Å². The molecule has 3 rings (SSSR count). The Balaban J connectivity index is 2.13. The molecule has 162 valence electrons. The second-order valence-electron chi connectivity index (χ2n) is 7.24. The minimum absolute atomic E-state index is 0.00914. The van der Waals surface area contributed by atoms with Crippen molar-refractivity contribution in [3.8, 4) is 0 Å². The minimum atomic E-state index is -0.996. The fourth-order valence-electron chi connectivity index (χ4n) is 3.60. The van der Waals surface area contributed by atoms with Crippen molar-refractivity contribution in [2.75, 3.05) is 17.2 Å². The first-order valence-electron chi connectivity index (χ1n) is 9.55. The van der Waals surface area contributed by atoms with Gasteiger partial charge in [-0.2, -0.15) is 0 Å². The first kappa shape index (κ1) is 22.0. The quantitative estimate of drug-likeness (QED) is 0.440. The van der Waals surface area contributed by atoms with E-state index in [1.165, 1.54) is 42.5 Å². The summed E-state index contributed by atoms with van der Waals surface area (Å²) in [5.74, 6) is -2.41. The van der Waals surface area contributed by atoms with E-state index in [2.05, 4.69) is 10.6 Å². The monoisotopic (exact) mass is 427 g/mol. The summed E-state index contributed by atoms with van der Waals surface area (Å²) in [6.07, 6.45) is 1.78. The maximum absolute atomic E-state index is 13.4. The fourth-order valence-corrected chi connectivity index (χ4v) is 3.60. The first-order valence-corrected chi connectivity index (χ1v) is 9.55. The molecule has 1 unspecified atom stereocenters. The van der Waals surface area contributed by atoms with Crippen LogP contribution in [0.1, 0.15) is 12.8 Å². The number of nitrogens with one attached hydrogen (secondary N) is 2. The Kier molecular flexibility index (Phi) is 6.36. The third-order valence-electron chi connectivity index (χ3n) is 5.09. The maximum Gasteiger partial charge on any atom is 0.249 e. The lowest BCUT2D eigenvalue weighted by molar-refractivity contribution is -0.117. The number of amides is 2. The van der Waals surface area contributed by atoms with Gasteiger partial charge in [-0.25, -0.2) is 8.78 Å². The molecule has 0 aromatic heterocycles. The van der Waals surface area contributed by atoms with E-state index in [1.54, 1.807) is 12.1 Å². The van der Waals surface area contributed by atoms with Gasteiger partial charge in [-0.05, 0) is 67.6 Å². The van der Waals surface area contributed by atoms with E-state index in [1.807, 2.05) is 0 Å². The normalized spacial score (nSPS) is 18.4. The van der Waals surface area contributed by atoms with Gasteiger partial charge in [0.15, 0.2) is 0 Å². The van der Waals surface area contributed by atoms with E-state index in [0.717, 1.165) is 0 Å². The Labute approximate surface area is 178 Å². The van der Waals surface area contributed by atoms with Crippen molar-refractivity contribution < 1.29 is 18.4 Å². The molecule has 0 fully saturated rings. The van der Waals surface area contributed by atoms with Gasteiger partial charge >= 0.3 is 0 Å². The van der Waals surface area contributed by atoms with Gasteiger partial charge in [0.05, 0.1) is 5.54 Å². The number of anilines is 2. The first-order chi connectivity index (χ1) is 14.7. The van der Waals surface area contributed by atoms with Crippen molar-refractivity contribution in [2.24, 2.45) is 17.2 Å². The molecular formula is C22H23F2N5O2. The van der Waals surface area contributed by atoms with Gasteiger partial charge in [0, 0.05) is 34.6 Å². The highest BCUT2D eigenvalue weighted by Gasteiger charge is 2.41. The van der Waals surface area contributed by atoms with Crippen molar-refractivity contribution >= 4 is 23.2 Å². The van der Waals surface area contributed by atoms with Crippen LogP contribution in [-0.4, -0.2) is 23.9 Å². The molecule has 31 heavy (non-hydrogen) atoms. The maximum atomic E-state index is 13.4. The zero-order valence-corrected chi connectivity index (χ0v) is 16.6. The van der Waals surface area contributed by atoms with Crippen LogP contribution in [0.4, 0.5) is 20.2 Å². The number of carbonyl (C=O) groups is 2. The Morgan fingerprint density at radius 2 is 1.45 bits per heavy atom. The lowest BCUT2D eigenvalue weighted by Gasteiger charge is -2.41. The molecule has 0 saturated heterocycles. The Bertz CT molecular complexity index is 1050. The number of hydrogen-bond acceptors (Lipinski definition) is 5. The smallest absolute Gasteiger partial charge is 0.249 e. The van der Waals surface area contributed by atoms with Crippen LogP contribution < -0.4 is 27.8 Å². The summed E-state index contributed by atoms with van der Waals surface area (Å²) in [4.78, 5) is 24.1. The predicted molar refractivity (Wildman–Crippen MR) is 115 cm³/mol. The molecule has 1 aliphatic carbocycles. The summed E-state index contributed by atoms with van der Waals surface area (Å²) >= 11 is 0. The molecule has 8 N–H and O–H groups in total. The standard InChI is InChI=1S/C22H23F2N5O2/c23-13-1-5-15(6-2-13)28-19-11-17(20(26)30)18(21(27)31)12-22(19,9-10-25)29-16-7-3-14(24)4-8-16/h1-8,11,28-29H,9-10,12,25H2,(H2,26,30)(H2,27,31). The number of hydrogen-bond donors (Lipinski definition) is 5. The summed E-state index contributed by atoms with van der Waals surface area (Å²) in [7, 11) is 0. The predicted octanol–water partition coefficient (Wildman–Crippen LogP) is 2.13. The number of benzene rings is 2. The Morgan fingerprint density at radius 3 is 1.94 bits per heavy atom. The van der Waals surface area contributed by atoms with Gasteiger partial charge in [-0.3, -0.25) is 9.59 Å². The van der Waals surface area contributed by atoms with Crippen LogP contribution in [0.15, 0.2) is 71.5 Å². The molecule has 2 aromatic carbocycles. The van der Waals surface area contributed by atoms with E-state index in [4.69, 9.17) is 17.2 Å². The fraction of sp³-hybridized carbons (Fsp3) is 0.182. The van der Waals surface area contributed by atoms with Gasteiger partial charge in [0.1, 0.15) is 11.6 Å². The number of halogens is 2. The number of rotatable bonds is 8. The van der Waals surface area contributed by atoms with Crippen molar-refractivity contribution in [3.05, 3.63) is 83.1 Å². The van der Waals surface area contributed by atoms with Gasteiger partial charge < -0.3 is 27.8 Å². The molecule has 0 saturated carbocycles. The average molecular weight is 427 g/mol. The Hall–Kier alpha value is -3.72. The molecule has 2 aromatic rings. The van der Waals surface area contributed by atoms with Crippen LogP contribution in [0, 0.1) is 11.6 Å². The van der Waals surface area contributed by atoms with Crippen LogP contribution in [0.5, 0.6) is 0 Å². The van der Waals surface area contributed by atoms with Gasteiger partial charge in [0.2, 0.25) is 11.8 Å². The van der Waals surface area contributed by atoms with Crippen molar-refractivity contribution in [1.82, 2.24) is 0 Å². The van der Waals surface area contributed by atoms with Gasteiger partial charge in [0.25, 0.3) is 0 Å². The van der Waals surface area contributed by atoms with Gasteiger partial charge in [-0.15, -0.1) is 0 Å². The van der Waals surface area contributed by atoms with Gasteiger partial charge in [-0.1, -0.05) is 0 Å². The molecule has 2 amide bonds. The van der Waals surface area contributed by atoms with E-state index in [-0.39, 0.29) is 24.1 Å².